The highest BCUT2D eigenvalue weighted by Gasteiger charge is 2.18. The van der Waals surface area contributed by atoms with Crippen molar-refractivity contribution >= 4 is 11.3 Å². The predicted molar refractivity (Wildman–Crippen MR) is 140 cm³/mol. The van der Waals surface area contributed by atoms with Gasteiger partial charge in [0.1, 0.15) is 11.6 Å². The highest BCUT2D eigenvalue weighted by molar-refractivity contribution is 7.77. The Morgan fingerprint density at radius 1 is 1.05 bits per heavy atom. The van der Waals surface area contributed by atoms with Crippen molar-refractivity contribution in [3.8, 4) is 33.8 Å². The maximum Gasteiger partial charge on any atom is 0.250 e. The molecule has 0 fully saturated rings. The van der Waals surface area contributed by atoms with Crippen LogP contribution in [0.4, 0.5) is 8.78 Å². The Kier molecular flexibility index (Phi) is 8.50. The molecule has 200 valence electrons. The second kappa shape index (κ2) is 11.8. The average Bonchev–Trinajstić information content (AvgIpc) is 3.30. The number of aryl methyl sites for hydroxylation is 1. The second-order valence-corrected chi connectivity index (χ2v) is 10.0. The third kappa shape index (κ3) is 6.60. The molecule has 0 amide bonds. The van der Waals surface area contributed by atoms with Gasteiger partial charge >= 0.3 is 0 Å². The Morgan fingerprint density at radius 3 is 2.53 bits per heavy atom. The summed E-state index contributed by atoms with van der Waals surface area (Å²) in [7, 11) is 1.62. The van der Waals surface area contributed by atoms with Gasteiger partial charge in [-0.3, -0.25) is 13.7 Å². The lowest BCUT2D eigenvalue weighted by molar-refractivity contribution is 0.439. The van der Waals surface area contributed by atoms with Crippen LogP contribution in [0, 0.1) is 17.6 Å². The minimum Gasteiger partial charge on any atom is -0.760 e. The Labute approximate surface area is 221 Å². The van der Waals surface area contributed by atoms with Gasteiger partial charge in [-0.2, -0.15) is 5.10 Å². The quantitative estimate of drug-likeness (QED) is 0.297. The summed E-state index contributed by atoms with van der Waals surface area (Å²) in [6.07, 6.45) is 5.57. The number of rotatable bonds is 10. The van der Waals surface area contributed by atoms with Crippen molar-refractivity contribution in [3.63, 3.8) is 0 Å². The number of hydrogen-bond acceptors (Lipinski definition) is 5. The van der Waals surface area contributed by atoms with Crippen LogP contribution in [0.2, 0.25) is 0 Å². The van der Waals surface area contributed by atoms with Crippen molar-refractivity contribution in [1.82, 2.24) is 19.1 Å². The average molecular weight is 542 g/mol. The fourth-order valence-corrected chi connectivity index (χ4v) is 4.32. The highest BCUT2D eigenvalue weighted by Crippen LogP contribution is 2.39. The monoisotopic (exact) mass is 541 g/mol. The van der Waals surface area contributed by atoms with E-state index in [-0.39, 0.29) is 23.6 Å². The molecule has 0 radical (unpaired) electrons. The Bertz CT molecular complexity index is 1530. The zero-order valence-electron chi connectivity index (χ0n) is 21.1. The van der Waals surface area contributed by atoms with E-state index in [1.165, 1.54) is 16.7 Å². The fraction of sp³-hybridized carbons (Fsp3) is 0.259. The molecule has 0 saturated heterocycles. The van der Waals surface area contributed by atoms with E-state index in [1.807, 2.05) is 6.20 Å². The van der Waals surface area contributed by atoms with Crippen LogP contribution in [-0.4, -0.2) is 29.7 Å². The lowest BCUT2D eigenvalue weighted by Gasteiger charge is -2.17. The first-order valence-corrected chi connectivity index (χ1v) is 13.0. The van der Waals surface area contributed by atoms with Crippen molar-refractivity contribution in [1.29, 1.82) is 0 Å². The Morgan fingerprint density at radius 2 is 1.82 bits per heavy atom. The molecule has 2 aromatic heterocycles. The van der Waals surface area contributed by atoms with Crippen LogP contribution in [0.25, 0.3) is 22.3 Å². The van der Waals surface area contributed by atoms with Gasteiger partial charge in [-0.1, -0.05) is 19.9 Å². The number of nitrogens with zero attached hydrogens (tertiary/aromatic N) is 3. The zero-order chi connectivity index (χ0) is 27.4. The van der Waals surface area contributed by atoms with Gasteiger partial charge in [0.05, 0.1) is 6.20 Å². The number of halogens is 2. The number of aromatic nitrogens is 3. The normalized spacial score (nSPS) is 12.2. The van der Waals surface area contributed by atoms with Gasteiger partial charge in [-0.15, -0.1) is 0 Å². The number of hydrogen-bond donors (Lipinski definition) is 1. The third-order valence-corrected chi connectivity index (χ3v) is 6.25. The molecule has 1 unspecified atom stereocenters. The van der Waals surface area contributed by atoms with E-state index in [0.717, 1.165) is 17.7 Å². The van der Waals surface area contributed by atoms with Crippen LogP contribution >= 0.6 is 0 Å². The summed E-state index contributed by atoms with van der Waals surface area (Å²) in [5.41, 5.74) is 3.02. The topological polar surface area (TPSA) is 101 Å². The summed E-state index contributed by atoms with van der Waals surface area (Å²) >= 11 is -2.40. The summed E-state index contributed by atoms with van der Waals surface area (Å²) in [5, 5.41) is 4.43. The minimum absolute atomic E-state index is 0.167. The first kappa shape index (κ1) is 27.4. The first-order chi connectivity index (χ1) is 18.1. The van der Waals surface area contributed by atoms with Crippen molar-refractivity contribution in [2.75, 3.05) is 6.54 Å². The maximum atomic E-state index is 14.5. The van der Waals surface area contributed by atoms with Gasteiger partial charge in [0.15, 0.2) is 11.6 Å². The molecule has 0 bridgehead atoms. The lowest BCUT2D eigenvalue weighted by atomic mass is 9.95. The number of nitrogens with one attached hydrogen (secondary N) is 1. The van der Waals surface area contributed by atoms with Gasteiger partial charge in [0, 0.05) is 72.6 Å². The van der Waals surface area contributed by atoms with Crippen LogP contribution in [0.5, 0.6) is 11.5 Å². The molecule has 0 aliphatic rings. The van der Waals surface area contributed by atoms with Crippen LogP contribution in [0.15, 0.2) is 65.8 Å². The molecule has 11 heteroatoms. The molecule has 2 aromatic carbocycles. The number of ether oxygens (including phenoxy) is 1. The van der Waals surface area contributed by atoms with E-state index >= 15 is 0 Å². The number of benzene rings is 2. The second-order valence-electron chi connectivity index (χ2n) is 9.28. The van der Waals surface area contributed by atoms with Crippen LogP contribution < -0.4 is 15.0 Å². The molecule has 0 aliphatic heterocycles. The van der Waals surface area contributed by atoms with Crippen molar-refractivity contribution in [3.05, 3.63) is 88.6 Å². The molecule has 1 N–H and O–H groups in total. The molecule has 0 aliphatic carbocycles. The van der Waals surface area contributed by atoms with E-state index in [0.29, 0.717) is 41.1 Å². The minimum atomic E-state index is -2.40. The molecular weight excluding hydrogens is 514 g/mol. The zero-order valence-corrected chi connectivity index (χ0v) is 21.9. The largest absolute Gasteiger partial charge is 0.760 e. The first-order valence-electron chi connectivity index (χ1n) is 11.9. The van der Waals surface area contributed by atoms with Crippen LogP contribution in [0.3, 0.4) is 0 Å². The molecule has 1 atom stereocenters. The van der Waals surface area contributed by atoms with E-state index < -0.39 is 22.9 Å². The molecule has 0 saturated carbocycles. The smallest absolute Gasteiger partial charge is 0.250 e. The Hall–Kier alpha value is -3.67. The lowest BCUT2D eigenvalue weighted by Crippen LogP contribution is -2.19. The molecule has 4 rings (SSSR count). The molecule has 38 heavy (non-hydrogen) atoms. The molecule has 0 spiro atoms. The summed E-state index contributed by atoms with van der Waals surface area (Å²) in [6, 6.07) is 9.71. The molecule has 2 heterocycles. The number of pyridine rings is 1. The van der Waals surface area contributed by atoms with Crippen molar-refractivity contribution in [2.24, 2.45) is 13.0 Å². The van der Waals surface area contributed by atoms with Crippen molar-refractivity contribution < 1.29 is 22.3 Å². The third-order valence-electron chi connectivity index (χ3n) is 5.81. The summed E-state index contributed by atoms with van der Waals surface area (Å²) in [4.78, 5) is 12.7. The van der Waals surface area contributed by atoms with Gasteiger partial charge < -0.3 is 13.9 Å². The van der Waals surface area contributed by atoms with Gasteiger partial charge in [-0.25, -0.2) is 13.5 Å². The van der Waals surface area contributed by atoms with Gasteiger partial charge in [-0.05, 0) is 47.7 Å². The van der Waals surface area contributed by atoms with Gasteiger partial charge in [0.25, 0.3) is 5.56 Å². The summed E-state index contributed by atoms with van der Waals surface area (Å²) in [6.45, 7) is 5.02. The maximum absolute atomic E-state index is 14.5. The van der Waals surface area contributed by atoms with E-state index in [1.54, 1.807) is 42.3 Å². The highest BCUT2D eigenvalue weighted by atomic mass is 32.2. The van der Waals surface area contributed by atoms with Gasteiger partial charge in [0.2, 0.25) is 0 Å². The van der Waals surface area contributed by atoms with Crippen LogP contribution in [-0.2, 0) is 31.3 Å². The van der Waals surface area contributed by atoms with E-state index in [9.17, 15) is 22.3 Å². The Balaban J connectivity index is 1.85. The van der Waals surface area contributed by atoms with E-state index in [2.05, 4.69) is 23.7 Å². The van der Waals surface area contributed by atoms with Crippen LogP contribution in [0.1, 0.15) is 19.4 Å². The molecular formula is C27H27F2N4O4S-. The summed E-state index contributed by atoms with van der Waals surface area (Å²) in [5.74, 6) is -1.12. The summed E-state index contributed by atoms with van der Waals surface area (Å²) < 4.78 is 61.2. The SMILES string of the molecule is CC(C)Cn1cc(-c2cc(=O)n(C)cc2-c2cc(CCNS(=O)[O-])ccc2Oc2ccc(F)cc2F)cn1. The molecule has 8 nitrogen and oxygen atoms in total. The van der Waals surface area contributed by atoms with E-state index in [4.69, 9.17) is 4.74 Å². The molecule has 4 aromatic rings. The fourth-order valence-electron chi connectivity index (χ4n) is 4.05. The standard InChI is InChI=1S/C27H28F2N4O4S/c1-17(2)14-33-15-19(13-30-33)21-12-27(34)32(3)16-23(21)22-10-18(8-9-31-38(35)36)4-6-25(22)37-26-7-5-20(28)11-24(26)29/h4-7,10-13,15-17,31H,8-9,14H2,1-3H3,(H,35,36)/p-1. The predicted octanol–water partition coefficient (Wildman–Crippen LogP) is 4.57. The van der Waals surface area contributed by atoms with Crippen molar-refractivity contribution in [2.45, 2.75) is 26.8 Å².